The third-order valence-corrected chi connectivity index (χ3v) is 4.92. The van der Waals surface area contributed by atoms with Crippen LogP contribution >= 0.6 is 0 Å². The molecule has 0 bridgehead atoms. The van der Waals surface area contributed by atoms with E-state index in [9.17, 15) is 0 Å². The van der Waals surface area contributed by atoms with Gasteiger partial charge in [-0.05, 0) is 25.7 Å². The van der Waals surface area contributed by atoms with Crippen molar-refractivity contribution in [1.82, 2.24) is 24.8 Å². The molecule has 2 aliphatic heterocycles. The monoisotopic (exact) mass is 310 g/mol. The fourth-order valence-electron chi connectivity index (χ4n) is 3.94. The molecule has 0 aromatic carbocycles. The molecule has 2 atom stereocenters. The summed E-state index contributed by atoms with van der Waals surface area (Å²) in [6, 6.07) is 0. The highest BCUT2D eigenvalue weighted by Gasteiger charge is 2.40. The Bertz CT molecular complexity index is 689. The van der Waals surface area contributed by atoms with Gasteiger partial charge >= 0.3 is 0 Å². The number of aromatic nitrogens is 4. The van der Waals surface area contributed by atoms with Crippen LogP contribution in [0.15, 0.2) is 24.9 Å². The second-order valence-corrected chi connectivity index (χ2v) is 6.80. The minimum absolute atomic E-state index is 0.724. The topological polar surface area (TPSA) is 58.0 Å². The molecule has 120 valence electrons. The van der Waals surface area contributed by atoms with E-state index in [1.165, 1.54) is 5.56 Å². The lowest BCUT2D eigenvalue weighted by Gasteiger charge is -2.23. The summed E-state index contributed by atoms with van der Waals surface area (Å²) in [7, 11) is 0. The Morgan fingerprint density at radius 1 is 1.00 bits per heavy atom. The Morgan fingerprint density at radius 3 is 2.48 bits per heavy atom. The fraction of sp³-hybridized carbons (Fsp3) is 0.529. The molecule has 0 radical (unpaired) electrons. The first-order valence-corrected chi connectivity index (χ1v) is 8.20. The van der Waals surface area contributed by atoms with Crippen molar-refractivity contribution in [3.8, 4) is 0 Å². The molecule has 23 heavy (non-hydrogen) atoms. The van der Waals surface area contributed by atoms with E-state index >= 15 is 0 Å². The molecule has 2 fully saturated rings. The lowest BCUT2D eigenvalue weighted by molar-refractivity contribution is 0.304. The molecule has 6 heteroatoms. The van der Waals surface area contributed by atoms with Crippen molar-refractivity contribution in [1.29, 1.82) is 0 Å². The Morgan fingerprint density at radius 2 is 1.78 bits per heavy atom. The molecular weight excluding hydrogens is 288 g/mol. The van der Waals surface area contributed by atoms with E-state index in [1.54, 1.807) is 6.33 Å². The maximum Gasteiger partial charge on any atom is 0.134 e. The maximum atomic E-state index is 4.57. The highest BCUT2D eigenvalue weighted by Crippen LogP contribution is 2.34. The minimum atomic E-state index is 0.724. The summed E-state index contributed by atoms with van der Waals surface area (Å²) in [5.74, 6) is 2.55. The first kappa shape index (κ1) is 14.5. The number of aryl methyl sites for hydroxylation is 2. The predicted molar refractivity (Wildman–Crippen MR) is 88.0 cm³/mol. The highest BCUT2D eigenvalue weighted by atomic mass is 15.3. The minimum Gasteiger partial charge on any atom is -0.356 e. The first-order chi connectivity index (χ1) is 11.2. The van der Waals surface area contributed by atoms with Crippen molar-refractivity contribution in [2.75, 3.05) is 31.1 Å². The van der Waals surface area contributed by atoms with Gasteiger partial charge in [-0.15, -0.1) is 0 Å². The largest absolute Gasteiger partial charge is 0.356 e. The van der Waals surface area contributed by atoms with Crippen molar-refractivity contribution in [3.63, 3.8) is 0 Å². The summed E-state index contributed by atoms with van der Waals surface area (Å²) in [6.07, 6.45) is 7.25. The lowest BCUT2D eigenvalue weighted by Crippen LogP contribution is -2.29. The zero-order valence-corrected chi connectivity index (χ0v) is 13.7. The Balaban J connectivity index is 1.39. The normalized spacial score (nSPS) is 24.2. The molecule has 4 rings (SSSR count). The molecule has 4 heterocycles. The standard InChI is InChI=1S/C17H22N6/c1-12-3-19-11-20-17(12)23-8-14-6-22(7-15(14)9-23)10-16-5-18-4-13(2)21-16/h3-5,11,14-15H,6-10H2,1-2H3. The van der Waals surface area contributed by atoms with Crippen LogP contribution in [0, 0.1) is 25.7 Å². The van der Waals surface area contributed by atoms with Crippen molar-refractivity contribution >= 4 is 5.82 Å². The summed E-state index contributed by atoms with van der Waals surface area (Å²) in [5.41, 5.74) is 3.24. The predicted octanol–water partition coefficient (Wildman–Crippen LogP) is 1.45. The third kappa shape index (κ3) is 2.91. The van der Waals surface area contributed by atoms with E-state index < -0.39 is 0 Å². The molecule has 2 aromatic heterocycles. The quantitative estimate of drug-likeness (QED) is 0.855. The van der Waals surface area contributed by atoms with Crippen LogP contribution in [0.3, 0.4) is 0 Å². The van der Waals surface area contributed by atoms with Crippen LogP contribution in [0.4, 0.5) is 5.82 Å². The van der Waals surface area contributed by atoms with Gasteiger partial charge in [-0.1, -0.05) is 0 Å². The molecule has 2 unspecified atom stereocenters. The van der Waals surface area contributed by atoms with Crippen LogP contribution in [0.5, 0.6) is 0 Å². The third-order valence-electron chi connectivity index (χ3n) is 4.92. The molecule has 2 aliphatic rings. The summed E-state index contributed by atoms with van der Waals surface area (Å²) in [6.45, 7) is 9.47. The molecule has 0 aliphatic carbocycles. The lowest BCUT2D eigenvalue weighted by atomic mass is 10.0. The zero-order valence-electron chi connectivity index (χ0n) is 13.7. The average molecular weight is 310 g/mol. The van der Waals surface area contributed by atoms with Crippen LogP contribution in [-0.4, -0.2) is 51.0 Å². The number of nitrogens with zero attached hydrogens (tertiary/aromatic N) is 6. The molecular formula is C17H22N6. The Kier molecular flexibility index (Phi) is 3.69. The number of rotatable bonds is 3. The van der Waals surface area contributed by atoms with Crippen molar-refractivity contribution in [2.45, 2.75) is 20.4 Å². The van der Waals surface area contributed by atoms with E-state index in [-0.39, 0.29) is 0 Å². The van der Waals surface area contributed by atoms with Gasteiger partial charge in [0.2, 0.25) is 0 Å². The molecule has 0 N–H and O–H groups in total. The Hall–Kier alpha value is -2.08. The van der Waals surface area contributed by atoms with Crippen LogP contribution in [-0.2, 0) is 6.54 Å². The molecule has 2 aromatic rings. The fourth-order valence-corrected chi connectivity index (χ4v) is 3.94. The average Bonchev–Trinajstić information content (AvgIpc) is 3.06. The number of hydrogen-bond acceptors (Lipinski definition) is 6. The molecule has 0 saturated carbocycles. The first-order valence-electron chi connectivity index (χ1n) is 8.20. The van der Waals surface area contributed by atoms with E-state index in [4.69, 9.17) is 0 Å². The number of anilines is 1. The SMILES string of the molecule is Cc1cncc(CN2CC3CN(c4ncncc4C)CC3C2)n1. The highest BCUT2D eigenvalue weighted by molar-refractivity contribution is 5.46. The van der Waals surface area contributed by atoms with Gasteiger partial charge in [0.1, 0.15) is 12.1 Å². The number of likely N-dealkylation sites (tertiary alicyclic amines) is 1. The van der Waals surface area contributed by atoms with Gasteiger partial charge < -0.3 is 4.90 Å². The second kappa shape index (κ2) is 5.85. The van der Waals surface area contributed by atoms with Crippen LogP contribution in [0.25, 0.3) is 0 Å². The van der Waals surface area contributed by atoms with Gasteiger partial charge in [0.05, 0.1) is 11.4 Å². The molecule has 0 amide bonds. The molecule has 0 spiro atoms. The summed E-state index contributed by atoms with van der Waals surface area (Å²) in [4.78, 5) is 22.3. The van der Waals surface area contributed by atoms with E-state index in [0.29, 0.717) is 0 Å². The molecule has 2 saturated heterocycles. The maximum absolute atomic E-state index is 4.57. The second-order valence-electron chi connectivity index (χ2n) is 6.80. The van der Waals surface area contributed by atoms with Gasteiger partial charge in [-0.2, -0.15) is 0 Å². The van der Waals surface area contributed by atoms with Crippen molar-refractivity contribution < 1.29 is 0 Å². The van der Waals surface area contributed by atoms with Gasteiger partial charge in [0, 0.05) is 56.9 Å². The van der Waals surface area contributed by atoms with Gasteiger partial charge in [0.25, 0.3) is 0 Å². The van der Waals surface area contributed by atoms with E-state index in [1.807, 2.05) is 25.5 Å². The summed E-state index contributed by atoms with van der Waals surface area (Å²) >= 11 is 0. The number of hydrogen-bond donors (Lipinski definition) is 0. The molecule has 6 nitrogen and oxygen atoms in total. The van der Waals surface area contributed by atoms with E-state index in [2.05, 4.69) is 36.7 Å². The van der Waals surface area contributed by atoms with Gasteiger partial charge in [0.15, 0.2) is 0 Å². The van der Waals surface area contributed by atoms with Crippen molar-refractivity contribution in [2.24, 2.45) is 11.8 Å². The summed E-state index contributed by atoms with van der Waals surface area (Å²) < 4.78 is 0. The van der Waals surface area contributed by atoms with Crippen LogP contribution in [0.1, 0.15) is 17.0 Å². The number of fused-ring (bicyclic) bond motifs is 1. The van der Waals surface area contributed by atoms with Crippen molar-refractivity contribution in [3.05, 3.63) is 41.9 Å². The van der Waals surface area contributed by atoms with Crippen LogP contribution in [0.2, 0.25) is 0 Å². The Labute approximate surface area is 136 Å². The van der Waals surface area contributed by atoms with E-state index in [0.717, 1.165) is 61.8 Å². The van der Waals surface area contributed by atoms with Gasteiger partial charge in [-0.25, -0.2) is 9.97 Å². The smallest absolute Gasteiger partial charge is 0.134 e. The summed E-state index contributed by atoms with van der Waals surface area (Å²) in [5, 5.41) is 0. The zero-order chi connectivity index (χ0) is 15.8. The van der Waals surface area contributed by atoms with Crippen LogP contribution < -0.4 is 4.90 Å². The van der Waals surface area contributed by atoms with Gasteiger partial charge in [-0.3, -0.25) is 14.9 Å².